The van der Waals surface area contributed by atoms with Crippen molar-refractivity contribution in [3.8, 4) is 5.69 Å². The molecular weight excluding hydrogens is 581 g/mol. The van der Waals surface area contributed by atoms with E-state index in [9.17, 15) is 18.0 Å². The van der Waals surface area contributed by atoms with Crippen molar-refractivity contribution in [1.82, 2.24) is 14.3 Å². The lowest BCUT2D eigenvalue weighted by Crippen LogP contribution is -2.26. The van der Waals surface area contributed by atoms with Crippen molar-refractivity contribution in [2.24, 2.45) is 5.16 Å². The lowest BCUT2D eigenvalue weighted by Gasteiger charge is -2.12. The Labute approximate surface area is 239 Å². The number of methoxy groups -OCH3 is 1. The first-order chi connectivity index (χ1) is 19.1. The Morgan fingerprint density at radius 3 is 2.38 bits per heavy atom. The molecule has 0 aliphatic carbocycles. The summed E-state index contributed by atoms with van der Waals surface area (Å²) in [5.41, 5.74) is 0.428. The van der Waals surface area contributed by atoms with Gasteiger partial charge in [0.05, 0.1) is 40.0 Å². The van der Waals surface area contributed by atoms with Crippen molar-refractivity contribution in [3.63, 3.8) is 0 Å². The zero-order valence-corrected chi connectivity index (χ0v) is 23.8. The van der Waals surface area contributed by atoms with Crippen molar-refractivity contribution in [2.45, 2.75) is 18.4 Å². The first-order valence-electron chi connectivity index (χ1n) is 11.6. The number of aryl methyl sites for hydroxylation is 1. The van der Waals surface area contributed by atoms with E-state index in [0.717, 1.165) is 4.68 Å². The zero-order valence-electron chi connectivity index (χ0n) is 21.5. The molecule has 1 aromatic heterocycles. The average Bonchev–Trinajstić information content (AvgIpc) is 3.21. The van der Waals surface area contributed by atoms with Gasteiger partial charge in [0, 0.05) is 5.56 Å². The van der Waals surface area contributed by atoms with Gasteiger partial charge in [-0.3, -0.25) is 9.29 Å². The Morgan fingerprint density at radius 1 is 1.02 bits per heavy atom. The molecule has 0 saturated heterocycles. The largest absolute Gasteiger partial charge is 0.464 e. The number of sulfonamides is 1. The maximum atomic E-state index is 13.5. The number of esters is 1. The van der Waals surface area contributed by atoms with Crippen molar-refractivity contribution in [2.75, 3.05) is 18.9 Å². The molecule has 0 atom stereocenters. The lowest BCUT2D eigenvalue weighted by molar-refractivity contribution is -0.132. The molecule has 0 aliphatic heterocycles. The van der Waals surface area contributed by atoms with E-state index in [1.165, 1.54) is 43.1 Å². The number of nitrogens with one attached hydrogen (secondary N) is 1. The average molecular weight is 604 g/mol. The Kier molecular flexibility index (Phi) is 8.62. The summed E-state index contributed by atoms with van der Waals surface area (Å²) < 4.78 is 35.4. The van der Waals surface area contributed by atoms with Gasteiger partial charge in [-0.2, -0.15) is 9.78 Å². The lowest BCUT2D eigenvalue weighted by atomic mass is 10.0. The molecule has 0 spiro atoms. The number of carbonyl (C=O) groups is 1. The van der Waals surface area contributed by atoms with Gasteiger partial charge in [-0.1, -0.05) is 70.8 Å². The third-order valence-electron chi connectivity index (χ3n) is 5.77. The quantitative estimate of drug-likeness (QED) is 0.173. The van der Waals surface area contributed by atoms with E-state index < -0.39 is 21.7 Å². The van der Waals surface area contributed by atoms with Gasteiger partial charge in [0.2, 0.25) is 0 Å². The van der Waals surface area contributed by atoms with Crippen LogP contribution in [0.1, 0.15) is 17.0 Å². The van der Waals surface area contributed by atoms with Gasteiger partial charge in [0.1, 0.15) is 12.9 Å². The van der Waals surface area contributed by atoms with Crippen molar-refractivity contribution in [3.05, 3.63) is 104 Å². The van der Waals surface area contributed by atoms with Gasteiger partial charge in [0.15, 0.2) is 5.71 Å². The third-order valence-corrected chi connectivity index (χ3v) is 7.77. The van der Waals surface area contributed by atoms with Gasteiger partial charge in [-0.05, 0) is 36.8 Å². The minimum Gasteiger partial charge on any atom is -0.464 e. The molecule has 14 heteroatoms. The van der Waals surface area contributed by atoms with Crippen LogP contribution < -0.4 is 10.4 Å². The fraction of sp³-hybridized carbons (Fsp3) is 0.154. The van der Waals surface area contributed by atoms with E-state index >= 15 is 0 Å². The van der Waals surface area contributed by atoms with Crippen LogP contribution >= 0.6 is 23.2 Å². The maximum Gasteiger partial charge on any atom is 0.360 e. The van der Waals surface area contributed by atoms with Crippen LogP contribution in [-0.2, 0) is 30.9 Å². The van der Waals surface area contributed by atoms with Crippen LogP contribution in [0.3, 0.4) is 0 Å². The highest BCUT2D eigenvalue weighted by atomic mass is 35.5. The van der Waals surface area contributed by atoms with Gasteiger partial charge in [-0.25, -0.2) is 18.0 Å². The molecule has 0 radical (unpaired) electrons. The molecule has 208 valence electrons. The number of oxime groups is 1. The van der Waals surface area contributed by atoms with Gasteiger partial charge in [-0.15, -0.1) is 0 Å². The first-order valence-corrected chi connectivity index (χ1v) is 13.8. The normalized spacial score (nSPS) is 11.8. The van der Waals surface area contributed by atoms with Gasteiger partial charge in [0.25, 0.3) is 10.0 Å². The number of benzene rings is 3. The molecule has 0 saturated carbocycles. The van der Waals surface area contributed by atoms with Crippen molar-refractivity contribution >= 4 is 50.6 Å². The van der Waals surface area contributed by atoms with Crippen molar-refractivity contribution in [1.29, 1.82) is 0 Å². The predicted octanol–water partition coefficient (Wildman–Crippen LogP) is 4.02. The number of ether oxygens (including phenoxy) is 1. The molecule has 1 heterocycles. The highest BCUT2D eigenvalue weighted by Gasteiger charge is 2.23. The van der Waals surface area contributed by atoms with Crippen LogP contribution in [0.5, 0.6) is 0 Å². The van der Waals surface area contributed by atoms with Crippen LogP contribution in [0.4, 0.5) is 5.69 Å². The summed E-state index contributed by atoms with van der Waals surface area (Å²) in [5.74, 6) is -0.395. The molecule has 0 amide bonds. The fourth-order valence-corrected chi connectivity index (χ4v) is 5.52. The molecule has 4 rings (SSSR count). The standard InChI is InChI=1S/C26H23Cl2N5O6S/c1-16-29-33(23-14-22(20(27)13-21(23)28)31-40(36,37)18-10-5-4-6-11-18)26(35)32(16)15-17-9-7-8-12-19(17)24(30-39-3)25(34)38-2/h4-14,31H,15H2,1-3H3/b30-24+. The highest BCUT2D eigenvalue weighted by molar-refractivity contribution is 7.92. The smallest absolute Gasteiger partial charge is 0.360 e. The molecule has 4 aromatic rings. The number of halogens is 2. The summed E-state index contributed by atoms with van der Waals surface area (Å²) in [6.45, 7) is 1.63. The van der Waals surface area contributed by atoms with Crippen molar-refractivity contribution < 1.29 is 22.8 Å². The summed E-state index contributed by atoms with van der Waals surface area (Å²) in [6, 6.07) is 17.2. The van der Waals surface area contributed by atoms with Crippen LogP contribution in [0, 0.1) is 6.92 Å². The van der Waals surface area contributed by atoms with Crippen LogP contribution in [0.15, 0.2) is 81.6 Å². The molecular formula is C26H23Cl2N5O6S. The number of hydrogen-bond acceptors (Lipinski definition) is 8. The van der Waals surface area contributed by atoms with Crippen LogP contribution in [0.2, 0.25) is 10.0 Å². The molecule has 1 N–H and O–H groups in total. The SMILES string of the molecule is CO/N=C(/C(=O)OC)c1ccccc1Cn1c(C)nn(-c2cc(NS(=O)(=O)c3ccccc3)c(Cl)cc2Cl)c1=O. The van der Waals surface area contributed by atoms with E-state index in [2.05, 4.69) is 15.0 Å². The molecule has 0 aliphatic rings. The molecule has 3 aromatic carbocycles. The number of rotatable bonds is 9. The maximum absolute atomic E-state index is 13.5. The predicted molar refractivity (Wildman–Crippen MR) is 151 cm³/mol. The Balaban J connectivity index is 1.75. The number of anilines is 1. The van der Waals surface area contributed by atoms with E-state index in [0.29, 0.717) is 17.0 Å². The minimum absolute atomic E-state index is 0.00728. The number of hydrogen-bond donors (Lipinski definition) is 1. The number of aromatic nitrogens is 3. The molecule has 0 bridgehead atoms. The summed E-state index contributed by atoms with van der Waals surface area (Å²) in [7, 11) is -1.46. The second-order valence-corrected chi connectivity index (χ2v) is 10.8. The third kappa shape index (κ3) is 5.88. The first kappa shape index (κ1) is 28.9. The van der Waals surface area contributed by atoms with E-state index in [1.54, 1.807) is 49.4 Å². The minimum atomic E-state index is -3.98. The zero-order chi connectivity index (χ0) is 29.0. The highest BCUT2D eigenvalue weighted by Crippen LogP contribution is 2.32. The van der Waals surface area contributed by atoms with E-state index in [1.807, 2.05) is 0 Å². The Morgan fingerprint density at radius 2 is 1.70 bits per heavy atom. The van der Waals surface area contributed by atoms with Crippen LogP contribution in [-0.4, -0.2) is 48.7 Å². The van der Waals surface area contributed by atoms with Crippen LogP contribution in [0.25, 0.3) is 5.69 Å². The molecule has 0 unspecified atom stereocenters. The second-order valence-electron chi connectivity index (χ2n) is 8.30. The number of nitrogens with zero attached hydrogens (tertiary/aromatic N) is 4. The summed E-state index contributed by atoms with van der Waals surface area (Å²) in [6.07, 6.45) is 0. The summed E-state index contributed by atoms with van der Waals surface area (Å²) in [4.78, 5) is 30.7. The monoisotopic (exact) mass is 603 g/mol. The van der Waals surface area contributed by atoms with E-state index in [-0.39, 0.29) is 38.6 Å². The van der Waals surface area contributed by atoms with Gasteiger partial charge < -0.3 is 9.57 Å². The van der Waals surface area contributed by atoms with Gasteiger partial charge >= 0.3 is 11.7 Å². The fourth-order valence-electron chi connectivity index (χ4n) is 3.86. The Bertz CT molecular complexity index is 1770. The second kappa shape index (κ2) is 11.9. The Hall–Kier alpha value is -4.13. The molecule has 40 heavy (non-hydrogen) atoms. The van der Waals surface area contributed by atoms with E-state index in [4.69, 9.17) is 32.8 Å². The topological polar surface area (TPSA) is 134 Å². The number of carbonyl (C=O) groups excluding carboxylic acids is 1. The summed E-state index contributed by atoms with van der Waals surface area (Å²) >= 11 is 12.7. The summed E-state index contributed by atoms with van der Waals surface area (Å²) in [5, 5.41) is 8.23. The molecule has 11 nitrogen and oxygen atoms in total. The molecule has 0 fully saturated rings.